The molecule has 0 saturated carbocycles. The van der Waals surface area contributed by atoms with Gasteiger partial charge in [0.05, 0.1) is 25.6 Å². The molecule has 3 aromatic rings. The summed E-state index contributed by atoms with van der Waals surface area (Å²) in [6.45, 7) is 6.29. The molecule has 2 heterocycles. The van der Waals surface area contributed by atoms with Crippen LogP contribution >= 0.6 is 0 Å². The average molecular weight is 349 g/mol. The first-order valence-corrected chi connectivity index (χ1v) is 8.68. The molecule has 1 aromatic heterocycles. The lowest BCUT2D eigenvalue weighted by molar-refractivity contribution is 0.386. The van der Waals surface area contributed by atoms with E-state index < -0.39 is 0 Å². The van der Waals surface area contributed by atoms with Crippen LogP contribution in [0.15, 0.2) is 36.4 Å². The van der Waals surface area contributed by atoms with Crippen molar-refractivity contribution in [1.82, 2.24) is 9.78 Å². The van der Waals surface area contributed by atoms with E-state index in [9.17, 15) is 0 Å². The maximum Gasteiger partial charge on any atom is 0.150 e. The Morgan fingerprint density at radius 3 is 2.54 bits per heavy atom. The molecule has 0 fully saturated rings. The number of anilines is 1. The van der Waals surface area contributed by atoms with Crippen molar-refractivity contribution < 1.29 is 9.47 Å². The van der Waals surface area contributed by atoms with Gasteiger partial charge < -0.3 is 14.8 Å². The minimum absolute atomic E-state index is 0.145. The van der Waals surface area contributed by atoms with Gasteiger partial charge in [-0.05, 0) is 50.6 Å². The number of benzene rings is 2. The van der Waals surface area contributed by atoms with Crippen LogP contribution in [0.3, 0.4) is 0 Å². The third-order valence-electron chi connectivity index (χ3n) is 4.87. The van der Waals surface area contributed by atoms with E-state index in [2.05, 4.69) is 37.4 Å². The van der Waals surface area contributed by atoms with Crippen molar-refractivity contribution in [1.29, 1.82) is 0 Å². The number of ether oxygens (including phenoxy) is 2. The summed E-state index contributed by atoms with van der Waals surface area (Å²) in [4.78, 5) is 0. The standard InChI is InChI=1S/C21H23N3O2/c1-12-8-13(2)20-17(9-12)18-10-14(3)23-24(18)21(22-20)16-7-6-15(25-4)11-19(16)26-5/h6-11,21-22H,1-5H3/t21-/m1/s1. The van der Waals surface area contributed by atoms with Crippen molar-refractivity contribution >= 4 is 5.69 Å². The van der Waals surface area contributed by atoms with Gasteiger partial charge in [0.1, 0.15) is 11.5 Å². The number of aryl methyl sites for hydroxylation is 3. The lowest BCUT2D eigenvalue weighted by Gasteiger charge is -2.31. The highest BCUT2D eigenvalue weighted by Gasteiger charge is 2.29. The van der Waals surface area contributed by atoms with Gasteiger partial charge in [0.25, 0.3) is 0 Å². The monoisotopic (exact) mass is 349 g/mol. The number of hydrogen-bond acceptors (Lipinski definition) is 4. The number of fused-ring (bicyclic) bond motifs is 3. The summed E-state index contributed by atoms with van der Waals surface area (Å²) in [5.41, 5.74) is 7.93. The van der Waals surface area contributed by atoms with Gasteiger partial charge in [-0.25, -0.2) is 4.68 Å². The van der Waals surface area contributed by atoms with Gasteiger partial charge in [-0.3, -0.25) is 0 Å². The quantitative estimate of drug-likeness (QED) is 0.758. The zero-order valence-corrected chi connectivity index (χ0v) is 15.8. The van der Waals surface area contributed by atoms with Crippen LogP contribution in [-0.2, 0) is 0 Å². The number of nitrogens with one attached hydrogen (secondary N) is 1. The first kappa shape index (κ1) is 16.5. The largest absolute Gasteiger partial charge is 0.497 e. The third kappa shape index (κ3) is 2.51. The van der Waals surface area contributed by atoms with Gasteiger partial charge in [-0.15, -0.1) is 0 Å². The Bertz CT molecular complexity index is 991. The van der Waals surface area contributed by atoms with E-state index in [4.69, 9.17) is 14.6 Å². The van der Waals surface area contributed by atoms with Crippen LogP contribution in [0.5, 0.6) is 11.5 Å². The molecule has 0 radical (unpaired) electrons. The molecule has 0 saturated heterocycles. The zero-order chi connectivity index (χ0) is 18.4. The molecule has 0 bridgehead atoms. The predicted molar refractivity (Wildman–Crippen MR) is 103 cm³/mol. The Balaban J connectivity index is 1.92. The van der Waals surface area contributed by atoms with E-state index in [1.54, 1.807) is 14.2 Å². The predicted octanol–water partition coefficient (Wildman–Crippen LogP) is 4.46. The Kier molecular flexibility index (Phi) is 3.87. The Hall–Kier alpha value is -2.95. The number of methoxy groups -OCH3 is 2. The molecule has 5 heteroatoms. The summed E-state index contributed by atoms with van der Waals surface area (Å²) in [5.74, 6) is 1.54. The Labute approximate surface area is 153 Å². The highest BCUT2D eigenvalue weighted by Crippen LogP contribution is 2.43. The fraction of sp³-hybridized carbons (Fsp3) is 0.286. The highest BCUT2D eigenvalue weighted by molar-refractivity contribution is 5.82. The van der Waals surface area contributed by atoms with Crippen LogP contribution in [-0.4, -0.2) is 24.0 Å². The third-order valence-corrected chi connectivity index (χ3v) is 4.87. The van der Waals surface area contributed by atoms with Crippen molar-refractivity contribution in [2.75, 3.05) is 19.5 Å². The van der Waals surface area contributed by atoms with Crippen LogP contribution in [0, 0.1) is 20.8 Å². The number of nitrogens with zero attached hydrogens (tertiary/aromatic N) is 2. The molecule has 4 rings (SSSR count). The van der Waals surface area contributed by atoms with E-state index >= 15 is 0 Å². The maximum absolute atomic E-state index is 5.64. The number of aromatic nitrogens is 2. The second-order valence-corrected chi connectivity index (χ2v) is 6.77. The second kappa shape index (κ2) is 6.09. The van der Waals surface area contributed by atoms with E-state index in [1.807, 2.05) is 29.8 Å². The van der Waals surface area contributed by atoms with Gasteiger partial charge in [0.2, 0.25) is 0 Å². The van der Waals surface area contributed by atoms with Gasteiger partial charge >= 0.3 is 0 Å². The maximum atomic E-state index is 5.64. The van der Waals surface area contributed by atoms with E-state index in [1.165, 1.54) is 16.7 Å². The van der Waals surface area contributed by atoms with E-state index in [0.29, 0.717) is 0 Å². The molecule has 5 nitrogen and oxygen atoms in total. The second-order valence-electron chi connectivity index (χ2n) is 6.77. The first-order valence-electron chi connectivity index (χ1n) is 8.68. The minimum atomic E-state index is -0.145. The van der Waals surface area contributed by atoms with Gasteiger partial charge in [0, 0.05) is 22.9 Å². The van der Waals surface area contributed by atoms with E-state index in [0.717, 1.165) is 34.1 Å². The minimum Gasteiger partial charge on any atom is -0.497 e. The molecule has 1 aliphatic rings. The van der Waals surface area contributed by atoms with Crippen LogP contribution in [0.25, 0.3) is 11.3 Å². The van der Waals surface area contributed by atoms with Crippen LogP contribution in [0.4, 0.5) is 5.69 Å². The van der Waals surface area contributed by atoms with Crippen molar-refractivity contribution in [3.05, 3.63) is 58.8 Å². The molecule has 26 heavy (non-hydrogen) atoms. The molecule has 1 aliphatic heterocycles. The SMILES string of the molecule is COc1ccc([C@@H]2Nc3c(C)cc(C)cc3-c3cc(C)nn32)c(OC)c1. The molecule has 2 aromatic carbocycles. The summed E-state index contributed by atoms with van der Waals surface area (Å²) in [7, 11) is 3.34. The van der Waals surface area contributed by atoms with Crippen molar-refractivity contribution in [3.63, 3.8) is 0 Å². The topological polar surface area (TPSA) is 48.3 Å². The van der Waals surface area contributed by atoms with E-state index in [-0.39, 0.29) is 6.17 Å². The number of hydrogen-bond donors (Lipinski definition) is 1. The van der Waals surface area contributed by atoms with Gasteiger partial charge in [0.15, 0.2) is 6.17 Å². The summed E-state index contributed by atoms with van der Waals surface area (Å²) >= 11 is 0. The molecule has 0 spiro atoms. The average Bonchev–Trinajstić information content (AvgIpc) is 3.02. The summed E-state index contributed by atoms with van der Waals surface area (Å²) in [6, 6.07) is 12.4. The normalized spacial score (nSPS) is 15.0. The van der Waals surface area contributed by atoms with Crippen LogP contribution in [0.2, 0.25) is 0 Å². The Morgan fingerprint density at radius 1 is 1.00 bits per heavy atom. The lowest BCUT2D eigenvalue weighted by Crippen LogP contribution is -2.26. The number of rotatable bonds is 3. The molecule has 1 N–H and O–H groups in total. The van der Waals surface area contributed by atoms with Gasteiger partial charge in [-0.2, -0.15) is 5.10 Å². The molecule has 0 amide bonds. The first-order chi connectivity index (χ1) is 12.5. The van der Waals surface area contributed by atoms with Crippen molar-refractivity contribution in [2.24, 2.45) is 0 Å². The smallest absolute Gasteiger partial charge is 0.150 e. The molecule has 134 valence electrons. The summed E-state index contributed by atoms with van der Waals surface area (Å²) in [6.07, 6.45) is -0.145. The highest BCUT2D eigenvalue weighted by atomic mass is 16.5. The van der Waals surface area contributed by atoms with Crippen LogP contribution < -0.4 is 14.8 Å². The van der Waals surface area contributed by atoms with Crippen LogP contribution in [0.1, 0.15) is 28.6 Å². The van der Waals surface area contributed by atoms with Crippen molar-refractivity contribution in [3.8, 4) is 22.8 Å². The summed E-state index contributed by atoms with van der Waals surface area (Å²) < 4.78 is 13.0. The molecule has 0 aliphatic carbocycles. The molecular weight excluding hydrogens is 326 g/mol. The zero-order valence-electron chi connectivity index (χ0n) is 15.8. The molecular formula is C21H23N3O2. The van der Waals surface area contributed by atoms with Crippen molar-refractivity contribution in [2.45, 2.75) is 26.9 Å². The molecule has 1 atom stereocenters. The summed E-state index contributed by atoms with van der Waals surface area (Å²) in [5, 5.41) is 8.42. The fourth-order valence-electron chi connectivity index (χ4n) is 3.73. The van der Waals surface area contributed by atoms with Gasteiger partial charge in [-0.1, -0.05) is 11.6 Å². The lowest BCUT2D eigenvalue weighted by atomic mass is 9.98. The molecule has 0 unspecified atom stereocenters. The fourth-order valence-corrected chi connectivity index (χ4v) is 3.73. The Morgan fingerprint density at radius 2 is 1.81 bits per heavy atom.